The van der Waals surface area contributed by atoms with Gasteiger partial charge in [0, 0.05) is 131 Å². The molecular weight excluding hydrogens is 2320 g/mol. The number of anilines is 4. The summed E-state index contributed by atoms with van der Waals surface area (Å²) in [4.78, 5) is 57.8. The molecule has 0 spiro atoms. The van der Waals surface area contributed by atoms with Crippen LogP contribution in [-0.2, 0) is 24.4 Å². The molecule has 0 amide bonds. The number of nitriles is 2. The van der Waals surface area contributed by atoms with Gasteiger partial charge >= 0.3 is 56.2 Å². The van der Waals surface area contributed by atoms with Gasteiger partial charge in [-0.15, -0.1) is 22.7 Å². The Bertz CT molecular complexity index is 6380. The second-order valence-electron chi connectivity index (χ2n) is 27.4. The van der Waals surface area contributed by atoms with Crippen LogP contribution in [0.4, 0.5) is 57.9 Å². The molecule has 21 nitrogen and oxygen atoms in total. The van der Waals surface area contributed by atoms with Crippen molar-refractivity contribution in [1.82, 2.24) is 28.7 Å². The number of aromatic amines is 1. The molecule has 7 heterocycles. The third kappa shape index (κ3) is 27.4. The van der Waals surface area contributed by atoms with Gasteiger partial charge in [-0.05, 0) is 224 Å². The van der Waals surface area contributed by atoms with Crippen LogP contribution in [0.1, 0.15) is 49.7 Å². The maximum atomic E-state index is 13.2. The molecule has 1 saturated heterocycles. The van der Waals surface area contributed by atoms with Gasteiger partial charge in [-0.25, -0.2) is 45.1 Å². The number of hydrogen-bond donors (Lipinski definition) is 8. The van der Waals surface area contributed by atoms with Gasteiger partial charge in [-0.2, -0.15) is 17.6 Å². The zero-order valence-electron chi connectivity index (χ0n) is 66.7. The molecule has 4 unspecified atom stereocenters. The van der Waals surface area contributed by atoms with Crippen molar-refractivity contribution in [3.8, 4) is 23.3 Å². The van der Waals surface area contributed by atoms with E-state index in [0.29, 0.717) is 57.2 Å². The van der Waals surface area contributed by atoms with Gasteiger partial charge in [0.25, 0.3) is 23.7 Å². The summed E-state index contributed by atoms with van der Waals surface area (Å²) in [6.45, 7) is 2.22. The molecule has 4 saturated carbocycles. The van der Waals surface area contributed by atoms with Crippen molar-refractivity contribution in [3.05, 3.63) is 203 Å². The molecule has 0 bridgehead atoms. The molecule has 14 aromatic rings. The molecule has 5 fully saturated rings. The standard InChI is InChI=1S/C18H11BrF2N2OS.C11H7BrF2INOS.C11H9BrF2N2OS.C8H7BrN2S2.C8H8N2S2.C7H6BNO2.C7H5BrN2OS.C4H5BrF2.C4H8O.CH4O.CH3O.Na/c19-15-13(12-4-2-1-3-10(12)8-22)5-6-14-16(15)25-17(24)23(14)9-11-7-18(11,20)21;2*12-8-6(15)1-2-7-9(8)18-10(17)16(7)4-5-3-11(5,13)14;1-12-8-11-5-3-2-4(10)6(9)7(5)13-8;1-11-8-10-6-3-2-5(9)4-7(6)12-8;9-5-6-3-1-2-4-7(6)8(10)11;8-5-3(9)1-2-4-6(5)12-7(11)10-4;5-2-3-1-4(3,6)7;1-2-4-5-3-1;2*1-2;/h1-6,11H,7,9H2;1-2,5H,3-4H2;1-2,5H,3-4,15H2;2-3H,10H2,1H3;2-4H,9H2,1H3;1-4,10-11H;1-2H,9H2,(H,10,11);3H,1-2H2;1-4H2;2H,1H3;1H3;/q;;;;;;;;;;-1;+1. The zero-order chi connectivity index (χ0) is 91.9. The van der Waals surface area contributed by atoms with Crippen LogP contribution in [0.25, 0.3) is 72.4 Å². The number of aliphatic hydroxyl groups is 1. The number of thiazole rings is 6. The fourth-order valence-electron chi connectivity index (χ4n) is 11.7. The van der Waals surface area contributed by atoms with Crippen molar-refractivity contribution in [2.24, 2.45) is 23.7 Å². The van der Waals surface area contributed by atoms with Gasteiger partial charge < -0.3 is 52.9 Å². The normalized spacial score (nSPS) is 16.7. The molecule has 6 aromatic heterocycles. The predicted octanol–water partition coefficient (Wildman–Crippen LogP) is 17.7. The maximum absolute atomic E-state index is 13.2. The number of alkyl halides is 9. The number of nitrogen functional groups attached to an aromatic ring is 4. The van der Waals surface area contributed by atoms with Crippen molar-refractivity contribution in [1.29, 1.82) is 10.5 Å². The fourth-order valence-corrected chi connectivity index (χ4v) is 22.8. The fraction of sp³-hybridized carbons (Fsp3) is 0.300. The summed E-state index contributed by atoms with van der Waals surface area (Å²) in [6, 6.07) is 41.4. The van der Waals surface area contributed by atoms with E-state index in [1.807, 2.05) is 79.2 Å². The minimum absolute atomic E-state index is 0. The van der Waals surface area contributed by atoms with Crippen LogP contribution >= 0.6 is 210 Å². The number of halogens is 15. The average Bonchev–Trinajstić information content (AvgIpc) is 1.62. The summed E-state index contributed by atoms with van der Waals surface area (Å²) < 4.78 is 124. The van der Waals surface area contributed by atoms with E-state index in [1.165, 1.54) is 43.4 Å². The Hall–Kier alpha value is -4.91. The molecule has 12 N–H and O–H groups in total. The SMILES string of the molecule is C1CCOC1.CO.CSc1nc2ccc(N)c(Br)c2s1.CSc1nc2ccc(N)cc2s1.C[O-].FC1(F)CC1CBr.N#Cc1ccccc1-c1ccc2c(sc(=O)n2CC2CC2(F)F)c1Br.N#Cc1ccccc1B(O)O.Nc1ccc2[nH]c(=O)sc2c1Br.Nc1ccc2c(sc(=O)n2CC2CC2(F)F)c1Br.O=c1sc2c(Br)c(I)ccc2n1CC1CC1(F)F.[Na+]. The molecule has 1 aliphatic heterocycles. The number of aromatic nitrogens is 6. The number of thioether (sulfide) groups is 2. The molecule has 664 valence electrons. The summed E-state index contributed by atoms with van der Waals surface area (Å²) in [5.74, 6) is -12.7. The Morgan fingerprint density at radius 3 is 1.40 bits per heavy atom. The van der Waals surface area contributed by atoms with Crippen LogP contribution in [0, 0.1) is 49.9 Å². The van der Waals surface area contributed by atoms with E-state index >= 15 is 0 Å². The van der Waals surface area contributed by atoms with E-state index in [1.54, 1.807) is 101 Å². The number of nitrogens with one attached hydrogen (secondary N) is 1. The quantitative estimate of drug-likeness (QED) is 0.0149. The second kappa shape index (κ2) is 47.6. The van der Waals surface area contributed by atoms with E-state index in [-0.39, 0.29) is 106 Å². The zero-order valence-corrected chi connectivity index (χ0v) is 86.9. The van der Waals surface area contributed by atoms with Crippen LogP contribution in [-0.4, -0.2) is 120 Å². The van der Waals surface area contributed by atoms with Gasteiger partial charge in [-0.1, -0.05) is 127 Å². The summed E-state index contributed by atoms with van der Waals surface area (Å²) in [7, 11) is 0.186. The molecule has 4 atom stereocenters. The van der Waals surface area contributed by atoms with E-state index in [0.717, 1.165) is 157 Å². The van der Waals surface area contributed by atoms with Crippen molar-refractivity contribution < 1.29 is 89.7 Å². The molecule has 5 aliphatic rings. The van der Waals surface area contributed by atoms with Crippen molar-refractivity contribution in [3.63, 3.8) is 0 Å². The summed E-state index contributed by atoms with van der Waals surface area (Å²) in [6.07, 6.45) is 6.29. The second-order valence-corrected chi connectivity index (χ2v) is 41.1. The van der Waals surface area contributed by atoms with Crippen LogP contribution in [0.2, 0.25) is 0 Å². The number of nitrogens with two attached hydrogens (primary N) is 4. The van der Waals surface area contributed by atoms with E-state index in [4.69, 9.17) is 53.2 Å². The maximum Gasteiger partial charge on any atom is 1.00 e. The van der Waals surface area contributed by atoms with Gasteiger partial charge in [0.2, 0.25) is 0 Å². The number of aliphatic hydroxyl groups excluding tert-OH is 1. The summed E-state index contributed by atoms with van der Waals surface area (Å²) >= 11 is 33.2. The number of ether oxygens (including phenoxy) is 1. The van der Waals surface area contributed by atoms with Gasteiger partial charge in [-0.3, -0.25) is 32.9 Å². The van der Waals surface area contributed by atoms with E-state index in [9.17, 15) is 59.6 Å². The molecular formula is C80H73BBr6F8IN12NaO9S8. The van der Waals surface area contributed by atoms with E-state index in [2.05, 4.69) is 139 Å². The summed E-state index contributed by atoms with van der Waals surface area (Å²) in [5.41, 5.74) is 33.1. The first-order chi connectivity index (χ1) is 59.3. The van der Waals surface area contributed by atoms with Crippen molar-refractivity contribution in [2.45, 2.75) is 90.5 Å². The van der Waals surface area contributed by atoms with Crippen LogP contribution in [0.15, 0.2) is 178 Å². The topological polar surface area (TPSA) is 369 Å². The number of fused-ring (bicyclic) bond motifs is 6. The molecule has 19 rings (SSSR count). The minimum Gasteiger partial charge on any atom is -0.857 e. The first-order valence-corrected chi connectivity index (χ1v) is 50.2. The third-order valence-electron chi connectivity index (χ3n) is 18.9. The molecule has 0 radical (unpaired) electrons. The van der Waals surface area contributed by atoms with Crippen molar-refractivity contribution in [2.75, 3.05) is 68.2 Å². The molecule has 8 aromatic carbocycles. The molecule has 46 heteroatoms. The Morgan fingerprint density at radius 2 is 0.952 bits per heavy atom. The number of H-pyrrole nitrogens is 1. The number of rotatable bonds is 11. The minimum atomic E-state index is -2.66. The van der Waals surface area contributed by atoms with E-state index < -0.39 is 48.6 Å². The van der Waals surface area contributed by atoms with Gasteiger partial charge in [0.05, 0.1) is 102 Å². The van der Waals surface area contributed by atoms with Crippen LogP contribution in [0.3, 0.4) is 0 Å². The van der Waals surface area contributed by atoms with Crippen LogP contribution < -0.4 is 82.6 Å². The Morgan fingerprint density at radius 1 is 0.540 bits per heavy atom. The molecule has 126 heavy (non-hydrogen) atoms. The van der Waals surface area contributed by atoms with Gasteiger partial charge in [0.1, 0.15) is 0 Å². The molecule has 4 aliphatic carbocycles. The average molecular weight is 2400 g/mol. The third-order valence-corrected chi connectivity index (χ3v) is 34.8. The smallest absolute Gasteiger partial charge is 0.857 e. The number of nitrogens with zero attached hydrogens (tertiary/aromatic N) is 7. The Labute approximate surface area is 834 Å². The monoisotopic (exact) mass is 2390 g/mol. The Balaban J connectivity index is 0.000000179. The summed E-state index contributed by atoms with van der Waals surface area (Å²) in [5, 5.41) is 51.0. The van der Waals surface area contributed by atoms with Crippen molar-refractivity contribution >= 4 is 306 Å². The number of benzene rings is 8. The van der Waals surface area contributed by atoms with Gasteiger partial charge in [0.15, 0.2) is 8.68 Å². The number of hydrogen-bond acceptors (Lipinski definition) is 25. The first-order valence-electron chi connectivity index (χ1n) is 36.7. The largest absolute Gasteiger partial charge is 1.00 e. The first kappa shape index (κ1) is 106. The van der Waals surface area contributed by atoms with Crippen LogP contribution in [0.5, 0.6) is 0 Å². The predicted molar refractivity (Wildman–Crippen MR) is 524 cm³/mol. The Kier molecular flexibility index (Phi) is 40.2.